The number of hydrogen-bond donors (Lipinski definition) is 0. The van der Waals surface area contributed by atoms with Crippen molar-refractivity contribution < 1.29 is 13.2 Å². The largest absolute Gasteiger partial charge is 0.481 e. The summed E-state index contributed by atoms with van der Waals surface area (Å²) >= 11 is 6.21. The van der Waals surface area contributed by atoms with Crippen molar-refractivity contribution in [3.8, 4) is 5.88 Å². The van der Waals surface area contributed by atoms with Gasteiger partial charge < -0.3 is 9.30 Å². The molecule has 0 aromatic carbocycles. The van der Waals surface area contributed by atoms with Crippen molar-refractivity contribution in [3.63, 3.8) is 0 Å². The van der Waals surface area contributed by atoms with Crippen LogP contribution in [-0.4, -0.2) is 41.6 Å². The second kappa shape index (κ2) is 5.14. The van der Waals surface area contributed by atoms with E-state index in [4.69, 9.17) is 16.3 Å². The second-order valence-electron chi connectivity index (χ2n) is 5.21. The van der Waals surface area contributed by atoms with Crippen LogP contribution in [0.25, 0.3) is 11.2 Å². The van der Waals surface area contributed by atoms with Gasteiger partial charge in [0, 0.05) is 6.07 Å². The van der Waals surface area contributed by atoms with E-state index in [2.05, 4.69) is 9.97 Å². The lowest BCUT2D eigenvalue weighted by molar-refractivity contribution is 0.398. The Labute approximate surface area is 128 Å². The van der Waals surface area contributed by atoms with Crippen LogP contribution >= 0.6 is 11.6 Å². The van der Waals surface area contributed by atoms with Crippen LogP contribution in [0, 0.1) is 0 Å². The van der Waals surface area contributed by atoms with Gasteiger partial charge in [-0.25, -0.2) is 13.4 Å². The zero-order chi connectivity index (χ0) is 15.2. The van der Waals surface area contributed by atoms with Gasteiger partial charge in [0.1, 0.15) is 11.3 Å². The minimum atomic E-state index is -3.00. The van der Waals surface area contributed by atoms with Crippen molar-refractivity contribution in [2.75, 3.05) is 18.6 Å². The van der Waals surface area contributed by atoms with Crippen LogP contribution in [0.4, 0.5) is 0 Å². The van der Waals surface area contributed by atoms with E-state index in [1.54, 1.807) is 13.2 Å². The minimum absolute atomic E-state index is 0.105. The van der Waals surface area contributed by atoms with Crippen LogP contribution in [-0.2, 0) is 9.84 Å². The van der Waals surface area contributed by atoms with Gasteiger partial charge in [-0.05, 0) is 19.4 Å². The van der Waals surface area contributed by atoms with E-state index in [-0.39, 0.29) is 22.9 Å². The fourth-order valence-electron chi connectivity index (χ4n) is 2.71. The fraction of sp³-hybridized carbons (Fsp3) is 0.538. The summed E-state index contributed by atoms with van der Waals surface area (Å²) in [5.41, 5.74) is 1.32. The molecule has 1 aliphatic rings. The van der Waals surface area contributed by atoms with Crippen molar-refractivity contribution >= 4 is 32.6 Å². The highest BCUT2D eigenvalue weighted by Gasteiger charge is 2.33. The highest BCUT2D eigenvalue weighted by Crippen LogP contribution is 2.33. The molecule has 3 heterocycles. The molecule has 0 N–H and O–H groups in total. The highest BCUT2D eigenvalue weighted by molar-refractivity contribution is 7.91. The quantitative estimate of drug-likeness (QED) is 0.806. The van der Waals surface area contributed by atoms with Crippen molar-refractivity contribution in [1.29, 1.82) is 0 Å². The molecule has 2 aromatic rings. The van der Waals surface area contributed by atoms with Crippen LogP contribution in [0.5, 0.6) is 5.88 Å². The van der Waals surface area contributed by atoms with Gasteiger partial charge in [-0.2, -0.15) is 4.98 Å². The van der Waals surface area contributed by atoms with Crippen LogP contribution in [0.3, 0.4) is 0 Å². The Morgan fingerprint density at radius 1 is 1.43 bits per heavy atom. The summed E-state index contributed by atoms with van der Waals surface area (Å²) in [4.78, 5) is 8.91. The van der Waals surface area contributed by atoms with Gasteiger partial charge in [0.2, 0.25) is 5.88 Å². The van der Waals surface area contributed by atoms with E-state index in [0.29, 0.717) is 29.3 Å². The second-order valence-corrected chi connectivity index (χ2v) is 8.09. The third kappa shape index (κ3) is 2.60. The summed E-state index contributed by atoms with van der Waals surface area (Å²) in [6.45, 7) is 1.82. The molecule has 0 spiro atoms. The molecule has 3 rings (SSSR count). The zero-order valence-corrected chi connectivity index (χ0v) is 13.4. The Bertz CT molecular complexity index is 785. The van der Waals surface area contributed by atoms with Crippen molar-refractivity contribution in [3.05, 3.63) is 18.0 Å². The predicted octanol–water partition coefficient (Wildman–Crippen LogP) is 2.10. The van der Waals surface area contributed by atoms with Gasteiger partial charge in [-0.3, -0.25) is 0 Å². The lowest BCUT2D eigenvalue weighted by Gasteiger charge is -2.15. The molecule has 1 saturated heterocycles. The number of imidazole rings is 1. The molecule has 0 bridgehead atoms. The molecular weight excluding hydrogens is 314 g/mol. The standard InChI is InChI=1S/C13H16ClN3O3S/c1-8(14)12-15-10-3-4-11(20-2)16-13(10)17(12)9-5-6-21(18,19)7-9/h3-4,8-9H,5-7H2,1-2H3. The molecule has 1 aliphatic heterocycles. The number of pyridine rings is 1. The van der Waals surface area contributed by atoms with E-state index in [9.17, 15) is 8.42 Å². The molecule has 6 nitrogen and oxygen atoms in total. The molecule has 1 fully saturated rings. The molecule has 8 heteroatoms. The number of nitrogens with zero attached hydrogens (tertiary/aromatic N) is 3. The Morgan fingerprint density at radius 2 is 2.19 bits per heavy atom. The zero-order valence-electron chi connectivity index (χ0n) is 11.8. The molecule has 2 atom stereocenters. The number of hydrogen-bond acceptors (Lipinski definition) is 5. The predicted molar refractivity (Wildman–Crippen MR) is 80.7 cm³/mol. The average Bonchev–Trinajstić information content (AvgIpc) is 2.97. The summed E-state index contributed by atoms with van der Waals surface area (Å²) < 4.78 is 30.5. The third-order valence-corrected chi connectivity index (χ3v) is 5.62. The minimum Gasteiger partial charge on any atom is -0.481 e. The summed E-state index contributed by atoms with van der Waals surface area (Å²) in [7, 11) is -1.46. The number of methoxy groups -OCH3 is 1. The topological polar surface area (TPSA) is 74.1 Å². The Morgan fingerprint density at radius 3 is 2.76 bits per heavy atom. The molecular formula is C13H16ClN3O3S. The van der Waals surface area contributed by atoms with Crippen molar-refractivity contribution in [2.24, 2.45) is 0 Å². The van der Waals surface area contributed by atoms with E-state index < -0.39 is 9.84 Å². The highest BCUT2D eigenvalue weighted by atomic mass is 35.5. The number of aromatic nitrogens is 3. The van der Waals surface area contributed by atoms with Gasteiger partial charge in [0.15, 0.2) is 15.5 Å². The molecule has 0 aliphatic carbocycles. The summed E-state index contributed by atoms with van der Waals surface area (Å²) in [5.74, 6) is 1.42. The summed E-state index contributed by atoms with van der Waals surface area (Å²) in [6, 6.07) is 3.37. The fourth-order valence-corrected chi connectivity index (χ4v) is 4.56. The number of sulfone groups is 1. The first-order chi connectivity index (χ1) is 9.91. The van der Waals surface area contributed by atoms with Gasteiger partial charge in [0.25, 0.3) is 0 Å². The SMILES string of the molecule is COc1ccc2nc(C(C)Cl)n(C3CCS(=O)(=O)C3)c2n1. The van der Waals surface area contributed by atoms with E-state index in [1.807, 2.05) is 17.6 Å². The number of halogens is 1. The molecule has 2 aromatic heterocycles. The van der Waals surface area contributed by atoms with Gasteiger partial charge in [-0.15, -0.1) is 11.6 Å². The lowest BCUT2D eigenvalue weighted by atomic mass is 10.2. The number of alkyl halides is 1. The molecule has 0 saturated carbocycles. The lowest BCUT2D eigenvalue weighted by Crippen LogP contribution is -2.15. The normalized spacial score (nSPS) is 22.5. The van der Waals surface area contributed by atoms with Crippen LogP contribution in [0.15, 0.2) is 12.1 Å². The van der Waals surface area contributed by atoms with E-state index >= 15 is 0 Å². The third-order valence-electron chi connectivity index (χ3n) is 3.68. The van der Waals surface area contributed by atoms with Crippen molar-refractivity contribution in [1.82, 2.24) is 14.5 Å². The molecule has 0 amide bonds. The van der Waals surface area contributed by atoms with Gasteiger partial charge in [0.05, 0.1) is 30.0 Å². The van der Waals surface area contributed by atoms with Crippen LogP contribution in [0.2, 0.25) is 0 Å². The van der Waals surface area contributed by atoms with Crippen LogP contribution in [0.1, 0.15) is 30.6 Å². The van der Waals surface area contributed by atoms with Gasteiger partial charge in [-0.1, -0.05) is 0 Å². The van der Waals surface area contributed by atoms with Crippen LogP contribution < -0.4 is 4.74 Å². The Balaban J connectivity index is 2.20. The first kappa shape index (κ1) is 14.6. The summed E-state index contributed by atoms with van der Waals surface area (Å²) in [6.07, 6.45) is 0.559. The number of fused-ring (bicyclic) bond motifs is 1. The summed E-state index contributed by atoms with van der Waals surface area (Å²) in [5, 5.41) is -0.325. The maximum atomic E-state index is 11.8. The van der Waals surface area contributed by atoms with E-state index in [1.165, 1.54) is 0 Å². The first-order valence-corrected chi connectivity index (χ1v) is 8.94. The van der Waals surface area contributed by atoms with E-state index in [0.717, 1.165) is 0 Å². The smallest absolute Gasteiger partial charge is 0.215 e. The monoisotopic (exact) mass is 329 g/mol. The maximum absolute atomic E-state index is 11.8. The molecule has 0 radical (unpaired) electrons. The van der Waals surface area contributed by atoms with Gasteiger partial charge >= 0.3 is 0 Å². The average molecular weight is 330 g/mol. The Hall–Kier alpha value is -1.34. The molecule has 2 unspecified atom stereocenters. The Kier molecular flexibility index (Phi) is 3.57. The van der Waals surface area contributed by atoms with Crippen molar-refractivity contribution in [2.45, 2.75) is 24.8 Å². The number of rotatable bonds is 3. The molecule has 21 heavy (non-hydrogen) atoms. The number of ether oxygens (including phenoxy) is 1. The molecule has 114 valence electrons. The first-order valence-electron chi connectivity index (χ1n) is 6.68. The maximum Gasteiger partial charge on any atom is 0.215 e.